The number of nitrogens with zero attached hydrogens (tertiary/aromatic N) is 1. The zero-order valence-electron chi connectivity index (χ0n) is 35.1. The number of esters is 2. The molecule has 0 aromatic rings. The summed E-state index contributed by atoms with van der Waals surface area (Å²) in [5, 5.41) is 0. The zero-order valence-corrected chi connectivity index (χ0v) is 36.0. The van der Waals surface area contributed by atoms with E-state index in [2.05, 4.69) is 98.9 Å². The topological polar surface area (TPSA) is 108 Å². The molecule has 0 aliphatic carbocycles. The summed E-state index contributed by atoms with van der Waals surface area (Å²) in [5.74, 6) is -0.873. The first-order valence-electron chi connectivity index (χ1n) is 20.8. The van der Waals surface area contributed by atoms with Crippen molar-refractivity contribution in [3.63, 3.8) is 0 Å². The van der Waals surface area contributed by atoms with Crippen LogP contribution in [-0.4, -0.2) is 74.9 Å². The Kier molecular flexibility index (Phi) is 34.9. The van der Waals surface area contributed by atoms with Crippen molar-refractivity contribution in [1.29, 1.82) is 0 Å². The summed E-state index contributed by atoms with van der Waals surface area (Å²) in [6.07, 6.45) is 46.4. The van der Waals surface area contributed by atoms with E-state index in [4.69, 9.17) is 18.5 Å². The lowest BCUT2D eigenvalue weighted by Gasteiger charge is -2.24. The van der Waals surface area contributed by atoms with Crippen molar-refractivity contribution in [3.05, 3.63) is 85.1 Å². The quantitative estimate of drug-likeness (QED) is 0.0220. The number of hydrogen-bond donors (Lipinski definition) is 1. The maximum Gasteiger partial charge on any atom is 0.472 e. The third kappa shape index (κ3) is 40.7. The molecule has 0 amide bonds. The number of hydrogen-bond acceptors (Lipinski definition) is 7. The van der Waals surface area contributed by atoms with E-state index in [9.17, 15) is 19.0 Å². The number of allylic oxidation sites excluding steroid dienone is 14. The largest absolute Gasteiger partial charge is 0.472 e. The van der Waals surface area contributed by atoms with Crippen molar-refractivity contribution < 1.29 is 42.1 Å². The second kappa shape index (κ2) is 36.8. The Morgan fingerprint density at radius 2 is 1.04 bits per heavy atom. The monoisotopic (exact) mass is 791 g/mol. The van der Waals surface area contributed by atoms with Crippen molar-refractivity contribution in [2.24, 2.45) is 0 Å². The van der Waals surface area contributed by atoms with E-state index in [0.717, 1.165) is 89.9 Å². The van der Waals surface area contributed by atoms with Crippen LogP contribution in [0.4, 0.5) is 0 Å². The van der Waals surface area contributed by atoms with Crippen LogP contribution in [0.5, 0.6) is 0 Å². The summed E-state index contributed by atoms with van der Waals surface area (Å²) in [4.78, 5) is 35.2. The number of phosphoric acid groups is 1. The molecular formula is C45H77NO8P+. The summed E-state index contributed by atoms with van der Waals surface area (Å²) < 4.78 is 34.1. The van der Waals surface area contributed by atoms with Gasteiger partial charge in [0.05, 0.1) is 27.7 Å². The van der Waals surface area contributed by atoms with Crippen molar-refractivity contribution in [2.45, 2.75) is 142 Å². The van der Waals surface area contributed by atoms with Crippen LogP contribution >= 0.6 is 7.82 Å². The smallest absolute Gasteiger partial charge is 0.462 e. The predicted octanol–water partition coefficient (Wildman–Crippen LogP) is 11.6. The molecule has 1 N–H and O–H groups in total. The van der Waals surface area contributed by atoms with Crippen LogP contribution in [0.2, 0.25) is 0 Å². The molecule has 0 aliphatic heterocycles. The number of carbonyl (C=O) groups excluding carboxylic acids is 2. The third-order valence-electron chi connectivity index (χ3n) is 8.14. The minimum Gasteiger partial charge on any atom is -0.462 e. The lowest BCUT2D eigenvalue weighted by molar-refractivity contribution is -0.870. The molecule has 0 aromatic heterocycles. The molecule has 0 bridgehead atoms. The predicted molar refractivity (Wildman–Crippen MR) is 229 cm³/mol. The molecule has 0 heterocycles. The summed E-state index contributed by atoms with van der Waals surface area (Å²) in [5.41, 5.74) is 0. The molecule has 9 nitrogen and oxygen atoms in total. The molecule has 314 valence electrons. The third-order valence-corrected chi connectivity index (χ3v) is 9.12. The molecule has 0 aliphatic rings. The number of ether oxygens (including phenoxy) is 2. The van der Waals surface area contributed by atoms with E-state index in [-0.39, 0.29) is 26.1 Å². The van der Waals surface area contributed by atoms with Crippen molar-refractivity contribution in [2.75, 3.05) is 47.5 Å². The molecule has 55 heavy (non-hydrogen) atoms. The molecule has 2 atom stereocenters. The molecule has 0 radical (unpaired) electrons. The molecule has 10 heteroatoms. The Hall–Kier alpha value is -2.81. The van der Waals surface area contributed by atoms with Gasteiger partial charge in [-0.1, -0.05) is 125 Å². The highest BCUT2D eigenvalue weighted by atomic mass is 31.2. The Morgan fingerprint density at radius 1 is 0.582 bits per heavy atom. The van der Waals surface area contributed by atoms with Crippen molar-refractivity contribution in [3.8, 4) is 0 Å². The maximum atomic E-state index is 12.6. The summed E-state index contributed by atoms with van der Waals surface area (Å²) in [6.45, 7) is 4.15. The number of phosphoric ester groups is 1. The van der Waals surface area contributed by atoms with Gasteiger partial charge in [0.1, 0.15) is 19.8 Å². The molecule has 0 saturated heterocycles. The molecular weight excluding hydrogens is 713 g/mol. The van der Waals surface area contributed by atoms with Gasteiger partial charge in [-0.2, -0.15) is 0 Å². The molecule has 0 aromatic carbocycles. The average molecular weight is 791 g/mol. The van der Waals surface area contributed by atoms with Crippen LogP contribution in [0, 0.1) is 0 Å². The second-order valence-electron chi connectivity index (χ2n) is 14.6. The van der Waals surface area contributed by atoms with E-state index in [0.29, 0.717) is 23.9 Å². The van der Waals surface area contributed by atoms with Crippen LogP contribution in [0.3, 0.4) is 0 Å². The number of rotatable bonds is 36. The van der Waals surface area contributed by atoms with E-state index < -0.39 is 32.5 Å². The van der Waals surface area contributed by atoms with Gasteiger partial charge in [-0.05, 0) is 83.5 Å². The van der Waals surface area contributed by atoms with Gasteiger partial charge in [0.25, 0.3) is 0 Å². The Labute approximate surface area is 335 Å². The van der Waals surface area contributed by atoms with Gasteiger partial charge in [0.2, 0.25) is 0 Å². The Balaban J connectivity index is 4.48. The van der Waals surface area contributed by atoms with Crippen LogP contribution in [0.1, 0.15) is 136 Å². The van der Waals surface area contributed by atoms with E-state index in [1.165, 1.54) is 6.42 Å². The lowest BCUT2D eigenvalue weighted by atomic mass is 10.1. The summed E-state index contributed by atoms with van der Waals surface area (Å²) in [6, 6.07) is 0. The van der Waals surface area contributed by atoms with E-state index >= 15 is 0 Å². The molecule has 0 spiro atoms. The van der Waals surface area contributed by atoms with Gasteiger partial charge < -0.3 is 18.9 Å². The minimum atomic E-state index is -4.39. The van der Waals surface area contributed by atoms with E-state index in [1.54, 1.807) is 0 Å². The van der Waals surface area contributed by atoms with Crippen molar-refractivity contribution >= 4 is 19.8 Å². The van der Waals surface area contributed by atoms with Crippen molar-refractivity contribution in [1.82, 2.24) is 0 Å². The average Bonchev–Trinajstić information content (AvgIpc) is 3.13. The Morgan fingerprint density at radius 3 is 1.60 bits per heavy atom. The maximum absolute atomic E-state index is 12.6. The molecule has 0 fully saturated rings. The highest BCUT2D eigenvalue weighted by molar-refractivity contribution is 7.47. The fourth-order valence-corrected chi connectivity index (χ4v) is 5.64. The van der Waals surface area contributed by atoms with Gasteiger partial charge in [0, 0.05) is 12.8 Å². The fourth-order valence-electron chi connectivity index (χ4n) is 4.90. The first kappa shape index (κ1) is 52.2. The highest BCUT2D eigenvalue weighted by Crippen LogP contribution is 2.43. The van der Waals surface area contributed by atoms with Gasteiger partial charge in [-0.25, -0.2) is 4.57 Å². The second-order valence-corrected chi connectivity index (χ2v) is 16.1. The molecule has 0 saturated carbocycles. The van der Waals surface area contributed by atoms with Crippen LogP contribution in [-0.2, 0) is 32.7 Å². The minimum absolute atomic E-state index is 0.0169. The van der Waals surface area contributed by atoms with Gasteiger partial charge in [0.15, 0.2) is 6.10 Å². The van der Waals surface area contributed by atoms with Crippen LogP contribution in [0.25, 0.3) is 0 Å². The Bertz CT molecular complexity index is 1210. The number of quaternary nitrogens is 1. The van der Waals surface area contributed by atoms with Crippen LogP contribution < -0.4 is 0 Å². The lowest BCUT2D eigenvalue weighted by Crippen LogP contribution is -2.37. The highest BCUT2D eigenvalue weighted by Gasteiger charge is 2.27. The molecule has 0 rings (SSSR count). The van der Waals surface area contributed by atoms with Gasteiger partial charge >= 0.3 is 19.8 Å². The van der Waals surface area contributed by atoms with Gasteiger partial charge in [-0.3, -0.25) is 18.6 Å². The first-order valence-corrected chi connectivity index (χ1v) is 22.3. The van der Waals surface area contributed by atoms with E-state index in [1.807, 2.05) is 21.1 Å². The molecule has 2 unspecified atom stereocenters. The SMILES string of the molecule is CC/C=C\C/C=C\C/C=C\C/C=C\C/C=C\C/C=C\CCCCC(=O)OC(COC(=O)CCCCCCC/C=C\CCC)COP(=O)(O)OCC[N+](C)(C)C. The zero-order chi connectivity index (χ0) is 40.7. The summed E-state index contributed by atoms with van der Waals surface area (Å²) in [7, 11) is 1.42. The number of likely N-dealkylation sites (N-methyl/N-ethyl adjacent to an activating group) is 1. The standard InChI is InChI=1S/C45H76NO8P/c1-6-8-10-12-14-16-18-19-20-21-22-23-24-25-26-27-28-30-32-34-36-38-45(48)54-43(42-53-55(49,50)52-40-39-46(3,4)5)41-51-44(47)37-35-33-31-29-17-15-13-11-9-7-2/h8,10-11,13-14,16,19-20,22-23,25-26,28,30,43H,6-7,9,12,15,17-18,21,24,27,29,31-42H2,1-5H3/p+1/b10-8-,13-11-,16-14-,20-19-,23-22-,26-25-,30-28-. The number of unbranched alkanes of at least 4 members (excludes halogenated alkanes) is 8. The fraction of sp³-hybridized carbons (Fsp3) is 0.644. The normalized spacial score (nSPS) is 14.5. The number of carbonyl (C=O) groups is 2. The first-order chi connectivity index (χ1) is 26.5. The van der Waals surface area contributed by atoms with Gasteiger partial charge in [-0.15, -0.1) is 0 Å². The summed E-state index contributed by atoms with van der Waals surface area (Å²) >= 11 is 0. The van der Waals surface area contributed by atoms with Crippen LogP contribution in [0.15, 0.2) is 85.1 Å².